The molecule has 23 heavy (non-hydrogen) atoms. The van der Waals surface area contributed by atoms with Crippen molar-refractivity contribution in [1.29, 1.82) is 0 Å². The zero-order valence-electron chi connectivity index (χ0n) is 13.4. The maximum atomic E-state index is 12.6. The number of rotatable bonds is 7. The number of carbonyl (C=O) groups is 3. The summed E-state index contributed by atoms with van der Waals surface area (Å²) in [5.41, 5.74) is 0.937. The monoisotopic (exact) mass is 318 g/mol. The van der Waals surface area contributed by atoms with Crippen LogP contribution in [0.3, 0.4) is 0 Å². The molecular formula is C17H22N2O4. The molecule has 1 aromatic carbocycles. The van der Waals surface area contributed by atoms with Crippen LogP contribution in [0.4, 0.5) is 5.69 Å². The van der Waals surface area contributed by atoms with Gasteiger partial charge < -0.3 is 15.3 Å². The third kappa shape index (κ3) is 4.55. The van der Waals surface area contributed by atoms with E-state index in [0.29, 0.717) is 17.7 Å². The number of carbonyl (C=O) groups excluding carboxylic acids is 2. The topological polar surface area (TPSA) is 86.7 Å². The van der Waals surface area contributed by atoms with Crippen molar-refractivity contribution in [2.24, 2.45) is 5.92 Å². The molecule has 0 saturated heterocycles. The molecule has 1 aromatic rings. The molecule has 2 N–H and O–H groups in total. The molecule has 1 atom stereocenters. The van der Waals surface area contributed by atoms with E-state index >= 15 is 0 Å². The highest BCUT2D eigenvalue weighted by atomic mass is 16.4. The average molecular weight is 318 g/mol. The normalized spacial score (nSPS) is 14.9. The Morgan fingerprint density at radius 3 is 2.61 bits per heavy atom. The van der Waals surface area contributed by atoms with Gasteiger partial charge in [-0.15, -0.1) is 0 Å². The smallest absolute Gasteiger partial charge is 0.323 e. The molecule has 1 aliphatic rings. The Morgan fingerprint density at radius 1 is 1.35 bits per heavy atom. The summed E-state index contributed by atoms with van der Waals surface area (Å²) in [5, 5.41) is 11.8. The zero-order chi connectivity index (χ0) is 17.0. The van der Waals surface area contributed by atoms with Gasteiger partial charge in [0.2, 0.25) is 5.91 Å². The summed E-state index contributed by atoms with van der Waals surface area (Å²) in [5.74, 6) is -1.34. The number of hydrogen-bond donors (Lipinski definition) is 2. The number of nitrogens with one attached hydrogen (secondary N) is 1. The van der Waals surface area contributed by atoms with Gasteiger partial charge in [0.15, 0.2) is 0 Å². The molecule has 2 amide bonds. The fourth-order valence-corrected chi connectivity index (χ4v) is 2.28. The lowest BCUT2D eigenvalue weighted by molar-refractivity contribution is -0.138. The van der Waals surface area contributed by atoms with Crippen LogP contribution in [0.25, 0.3) is 0 Å². The Morgan fingerprint density at radius 2 is 2.04 bits per heavy atom. The van der Waals surface area contributed by atoms with Crippen LogP contribution in [0.1, 0.15) is 43.5 Å². The maximum absolute atomic E-state index is 12.6. The quantitative estimate of drug-likeness (QED) is 0.808. The van der Waals surface area contributed by atoms with Crippen molar-refractivity contribution < 1.29 is 19.5 Å². The van der Waals surface area contributed by atoms with E-state index in [0.717, 1.165) is 12.8 Å². The number of carboxylic acid groups (broad SMARTS) is 1. The minimum atomic E-state index is -1.04. The highest BCUT2D eigenvalue weighted by Gasteiger charge is 2.29. The highest BCUT2D eigenvalue weighted by Crippen LogP contribution is 2.30. The van der Waals surface area contributed by atoms with Crippen molar-refractivity contribution in [2.45, 2.75) is 39.2 Å². The molecule has 0 bridgehead atoms. The van der Waals surface area contributed by atoms with E-state index in [1.165, 1.54) is 4.90 Å². The molecule has 1 saturated carbocycles. The largest absolute Gasteiger partial charge is 0.480 e. The number of carboxylic acids is 1. The standard InChI is InChI=1S/C17H22N2O4/c1-3-11(2)19(10-15(20)21)17(23)13-5-4-6-14(9-13)18-16(22)12-7-8-12/h4-6,9,11-12H,3,7-8,10H2,1-2H3,(H,18,22)(H,20,21). The molecule has 1 unspecified atom stereocenters. The third-order valence-corrected chi connectivity index (χ3v) is 4.01. The summed E-state index contributed by atoms with van der Waals surface area (Å²) in [4.78, 5) is 36.8. The van der Waals surface area contributed by atoms with Gasteiger partial charge in [-0.2, -0.15) is 0 Å². The van der Waals surface area contributed by atoms with Crippen LogP contribution in [-0.2, 0) is 9.59 Å². The van der Waals surface area contributed by atoms with E-state index in [1.807, 2.05) is 13.8 Å². The first-order valence-corrected chi connectivity index (χ1v) is 7.86. The molecular weight excluding hydrogens is 296 g/mol. The fraction of sp³-hybridized carbons (Fsp3) is 0.471. The summed E-state index contributed by atoms with van der Waals surface area (Å²) in [7, 11) is 0. The van der Waals surface area contributed by atoms with Crippen molar-refractivity contribution in [3.63, 3.8) is 0 Å². The number of nitrogens with zero attached hydrogens (tertiary/aromatic N) is 1. The van der Waals surface area contributed by atoms with Gasteiger partial charge in [-0.3, -0.25) is 14.4 Å². The molecule has 0 radical (unpaired) electrons. The van der Waals surface area contributed by atoms with E-state index in [4.69, 9.17) is 5.11 Å². The molecule has 1 aliphatic carbocycles. The molecule has 0 aromatic heterocycles. The second-order valence-corrected chi connectivity index (χ2v) is 5.93. The zero-order valence-corrected chi connectivity index (χ0v) is 13.4. The van der Waals surface area contributed by atoms with Gasteiger partial charge in [-0.25, -0.2) is 0 Å². The summed E-state index contributed by atoms with van der Waals surface area (Å²) in [6.45, 7) is 3.38. The first kappa shape index (κ1) is 17.0. The van der Waals surface area contributed by atoms with E-state index in [-0.39, 0.29) is 30.3 Å². The predicted octanol–water partition coefficient (Wildman–Crippen LogP) is 2.36. The molecule has 124 valence electrons. The Labute approximate surface area is 135 Å². The van der Waals surface area contributed by atoms with Gasteiger partial charge in [-0.05, 0) is 44.4 Å². The third-order valence-electron chi connectivity index (χ3n) is 4.01. The second-order valence-electron chi connectivity index (χ2n) is 5.93. The number of amides is 2. The molecule has 0 spiro atoms. The van der Waals surface area contributed by atoms with Crippen LogP contribution in [0, 0.1) is 5.92 Å². The van der Waals surface area contributed by atoms with E-state index in [9.17, 15) is 14.4 Å². The van der Waals surface area contributed by atoms with Gasteiger partial charge >= 0.3 is 5.97 Å². The van der Waals surface area contributed by atoms with Crippen LogP contribution in [-0.4, -0.2) is 40.4 Å². The second kappa shape index (κ2) is 7.26. The lowest BCUT2D eigenvalue weighted by atomic mass is 10.1. The van der Waals surface area contributed by atoms with Crippen molar-refractivity contribution >= 4 is 23.5 Å². The van der Waals surface area contributed by atoms with Crippen LogP contribution in [0.5, 0.6) is 0 Å². The lowest BCUT2D eigenvalue weighted by Crippen LogP contribution is -2.41. The summed E-state index contributed by atoms with van der Waals surface area (Å²) >= 11 is 0. The van der Waals surface area contributed by atoms with Crippen LogP contribution in [0.2, 0.25) is 0 Å². The Bertz CT molecular complexity index is 610. The Balaban J connectivity index is 2.15. The van der Waals surface area contributed by atoms with Gasteiger partial charge in [0.05, 0.1) is 0 Å². The van der Waals surface area contributed by atoms with Gasteiger partial charge in [0.1, 0.15) is 6.54 Å². The molecule has 0 heterocycles. The number of hydrogen-bond acceptors (Lipinski definition) is 3. The Hall–Kier alpha value is -2.37. The summed E-state index contributed by atoms with van der Waals surface area (Å²) in [6.07, 6.45) is 2.48. The number of benzene rings is 1. The van der Waals surface area contributed by atoms with Crippen molar-refractivity contribution in [2.75, 3.05) is 11.9 Å². The van der Waals surface area contributed by atoms with Crippen molar-refractivity contribution in [1.82, 2.24) is 4.90 Å². The first-order chi connectivity index (χ1) is 10.9. The first-order valence-electron chi connectivity index (χ1n) is 7.86. The van der Waals surface area contributed by atoms with Gasteiger partial charge in [-0.1, -0.05) is 13.0 Å². The molecule has 1 fully saturated rings. The average Bonchev–Trinajstić information content (AvgIpc) is 3.36. The highest BCUT2D eigenvalue weighted by molar-refractivity contribution is 5.99. The van der Waals surface area contributed by atoms with Gasteiger partial charge in [0, 0.05) is 23.2 Å². The van der Waals surface area contributed by atoms with Crippen LogP contribution in [0.15, 0.2) is 24.3 Å². The lowest BCUT2D eigenvalue weighted by Gasteiger charge is -2.27. The molecule has 0 aliphatic heterocycles. The van der Waals surface area contributed by atoms with Crippen LogP contribution >= 0.6 is 0 Å². The van der Waals surface area contributed by atoms with Crippen LogP contribution < -0.4 is 5.32 Å². The Kier molecular flexibility index (Phi) is 5.36. The minimum absolute atomic E-state index is 0.0288. The van der Waals surface area contributed by atoms with Gasteiger partial charge in [0.25, 0.3) is 5.91 Å². The maximum Gasteiger partial charge on any atom is 0.323 e. The summed E-state index contributed by atoms with van der Waals surface area (Å²) in [6, 6.07) is 6.46. The van der Waals surface area contributed by atoms with Crippen molar-refractivity contribution in [3.8, 4) is 0 Å². The van der Waals surface area contributed by atoms with E-state index in [2.05, 4.69) is 5.32 Å². The SMILES string of the molecule is CCC(C)N(CC(=O)O)C(=O)c1cccc(NC(=O)C2CC2)c1. The fourth-order valence-electron chi connectivity index (χ4n) is 2.28. The van der Waals surface area contributed by atoms with E-state index < -0.39 is 5.97 Å². The predicted molar refractivity (Wildman–Crippen MR) is 86.2 cm³/mol. The number of anilines is 1. The molecule has 2 rings (SSSR count). The van der Waals surface area contributed by atoms with Crippen molar-refractivity contribution in [3.05, 3.63) is 29.8 Å². The molecule has 6 nitrogen and oxygen atoms in total. The van der Waals surface area contributed by atoms with E-state index in [1.54, 1.807) is 24.3 Å². The summed E-state index contributed by atoms with van der Waals surface area (Å²) < 4.78 is 0. The minimum Gasteiger partial charge on any atom is -0.480 e. The number of aliphatic carboxylic acids is 1. The molecule has 6 heteroatoms.